The van der Waals surface area contributed by atoms with E-state index in [2.05, 4.69) is 28.4 Å². The van der Waals surface area contributed by atoms with Crippen molar-refractivity contribution < 1.29 is 4.79 Å². The van der Waals surface area contributed by atoms with Crippen LogP contribution in [0, 0.1) is 11.3 Å². The first-order chi connectivity index (χ1) is 13.7. The number of hydrazine groups is 1. The number of benzene rings is 2. The minimum Gasteiger partial charge on any atom is -0.332 e. The Balaban J connectivity index is 1.69. The van der Waals surface area contributed by atoms with E-state index in [4.69, 9.17) is 0 Å². The molecule has 1 unspecified atom stereocenters. The number of rotatable bonds is 7. The first-order valence-electron chi connectivity index (χ1n) is 9.70. The van der Waals surface area contributed by atoms with E-state index < -0.39 is 0 Å². The molecule has 1 aliphatic heterocycles. The first-order valence-corrected chi connectivity index (χ1v) is 9.70. The first kappa shape index (κ1) is 19.8. The fourth-order valence-electron chi connectivity index (χ4n) is 3.37. The highest BCUT2D eigenvalue weighted by Gasteiger charge is 2.20. The zero-order valence-corrected chi connectivity index (χ0v) is 16.0. The van der Waals surface area contributed by atoms with E-state index in [1.54, 1.807) is 6.07 Å². The Morgan fingerprint density at radius 3 is 2.46 bits per heavy atom. The maximum absolute atomic E-state index is 12.8. The molecule has 1 amide bonds. The van der Waals surface area contributed by atoms with Gasteiger partial charge in [0.2, 0.25) is 5.91 Å². The second kappa shape index (κ2) is 9.84. The Hall–Kier alpha value is -2.94. The summed E-state index contributed by atoms with van der Waals surface area (Å²) in [6.07, 6.45) is 3.58. The maximum Gasteiger partial charge on any atom is 0.248 e. The number of nitriles is 1. The van der Waals surface area contributed by atoms with E-state index in [0.717, 1.165) is 37.1 Å². The van der Waals surface area contributed by atoms with Crippen molar-refractivity contribution in [3.05, 3.63) is 83.4 Å². The lowest BCUT2D eigenvalue weighted by Gasteiger charge is -2.32. The maximum atomic E-state index is 12.8. The average Bonchev–Trinajstić information content (AvgIpc) is 2.75. The molecule has 2 aromatic rings. The molecule has 0 bridgehead atoms. The van der Waals surface area contributed by atoms with Crippen molar-refractivity contribution in [1.29, 1.82) is 5.26 Å². The van der Waals surface area contributed by atoms with Gasteiger partial charge in [0.05, 0.1) is 11.6 Å². The quantitative estimate of drug-likeness (QED) is 0.575. The standard InChI is InChI=1S/C23H26N4O/c1-18(16-20-12-6-7-13-21(20)17-24)23(28)25-22(19-10-4-2-5-11-19)26-27-14-8-3-9-15-27/h2,4-7,10-13,22,26H,1,3,8-9,14-16H2,(H,25,28). The van der Waals surface area contributed by atoms with E-state index in [0.29, 0.717) is 17.6 Å². The van der Waals surface area contributed by atoms with E-state index in [-0.39, 0.29) is 12.1 Å². The van der Waals surface area contributed by atoms with E-state index in [1.807, 2.05) is 48.5 Å². The number of hydrogen-bond acceptors (Lipinski definition) is 4. The van der Waals surface area contributed by atoms with Crippen LogP contribution in [0.1, 0.15) is 42.1 Å². The van der Waals surface area contributed by atoms with Crippen molar-refractivity contribution in [3.63, 3.8) is 0 Å². The van der Waals surface area contributed by atoms with Crippen molar-refractivity contribution in [2.24, 2.45) is 0 Å². The normalized spacial score (nSPS) is 15.4. The lowest BCUT2D eigenvalue weighted by Crippen LogP contribution is -2.49. The predicted molar refractivity (Wildman–Crippen MR) is 110 cm³/mol. The molecule has 144 valence electrons. The molecule has 2 aromatic carbocycles. The number of piperidine rings is 1. The van der Waals surface area contributed by atoms with Crippen LogP contribution in [-0.2, 0) is 11.2 Å². The summed E-state index contributed by atoms with van der Waals surface area (Å²) in [4.78, 5) is 12.8. The molecule has 1 fully saturated rings. The van der Waals surface area contributed by atoms with Gasteiger partial charge in [-0.15, -0.1) is 0 Å². The second-order valence-electron chi connectivity index (χ2n) is 7.04. The number of carbonyl (C=O) groups is 1. The van der Waals surface area contributed by atoms with Crippen molar-refractivity contribution in [3.8, 4) is 6.07 Å². The number of nitrogens with zero attached hydrogens (tertiary/aromatic N) is 2. The molecule has 1 aliphatic rings. The van der Waals surface area contributed by atoms with Crippen LogP contribution in [-0.4, -0.2) is 24.0 Å². The van der Waals surface area contributed by atoms with Crippen LogP contribution in [0.15, 0.2) is 66.7 Å². The highest BCUT2D eigenvalue weighted by Crippen LogP contribution is 2.16. The van der Waals surface area contributed by atoms with Crippen LogP contribution >= 0.6 is 0 Å². The Kier molecular flexibility index (Phi) is 6.96. The van der Waals surface area contributed by atoms with E-state index >= 15 is 0 Å². The van der Waals surface area contributed by atoms with Gasteiger partial charge in [-0.2, -0.15) is 5.26 Å². The molecule has 0 aliphatic carbocycles. The summed E-state index contributed by atoms with van der Waals surface area (Å²) < 4.78 is 0. The molecule has 1 atom stereocenters. The summed E-state index contributed by atoms with van der Waals surface area (Å²) in [5.74, 6) is -0.217. The minimum atomic E-state index is -0.324. The van der Waals surface area contributed by atoms with E-state index in [1.165, 1.54) is 6.42 Å². The Morgan fingerprint density at radius 1 is 1.07 bits per heavy atom. The topological polar surface area (TPSA) is 68.2 Å². The van der Waals surface area contributed by atoms with Crippen LogP contribution < -0.4 is 10.7 Å². The molecular weight excluding hydrogens is 348 g/mol. The summed E-state index contributed by atoms with van der Waals surface area (Å²) in [6.45, 7) is 5.89. The van der Waals surface area contributed by atoms with Gasteiger partial charge in [-0.3, -0.25) is 4.79 Å². The number of hydrogen-bond donors (Lipinski definition) is 2. The van der Waals surface area contributed by atoms with Gasteiger partial charge >= 0.3 is 0 Å². The van der Waals surface area contributed by atoms with Crippen LogP contribution in [0.4, 0.5) is 0 Å². The fraction of sp³-hybridized carbons (Fsp3) is 0.304. The van der Waals surface area contributed by atoms with Crippen LogP contribution in [0.3, 0.4) is 0 Å². The number of carbonyl (C=O) groups excluding carboxylic acids is 1. The SMILES string of the molecule is C=C(Cc1ccccc1C#N)C(=O)NC(NN1CCCCC1)c1ccccc1. The third kappa shape index (κ3) is 5.29. The van der Waals surface area contributed by atoms with Crippen LogP contribution in [0.5, 0.6) is 0 Å². The molecule has 5 heteroatoms. The minimum absolute atomic E-state index is 0.217. The Labute approximate surface area is 166 Å². The lowest BCUT2D eigenvalue weighted by molar-refractivity contribution is -0.119. The van der Waals surface area contributed by atoms with E-state index in [9.17, 15) is 10.1 Å². The second-order valence-corrected chi connectivity index (χ2v) is 7.04. The van der Waals surface area contributed by atoms with Gasteiger partial charge in [-0.1, -0.05) is 61.5 Å². The third-order valence-electron chi connectivity index (χ3n) is 4.94. The Morgan fingerprint density at radius 2 is 1.75 bits per heavy atom. The van der Waals surface area contributed by atoms with Gasteiger partial charge in [0.15, 0.2) is 0 Å². The van der Waals surface area contributed by atoms with Crippen molar-refractivity contribution >= 4 is 5.91 Å². The zero-order chi connectivity index (χ0) is 19.8. The van der Waals surface area contributed by atoms with Crippen molar-refractivity contribution in [2.45, 2.75) is 31.8 Å². The molecule has 0 radical (unpaired) electrons. The molecule has 5 nitrogen and oxygen atoms in total. The highest BCUT2D eigenvalue weighted by atomic mass is 16.2. The van der Waals surface area contributed by atoms with Gasteiger partial charge in [0.25, 0.3) is 0 Å². The summed E-state index contributed by atoms with van der Waals surface area (Å²) >= 11 is 0. The number of amides is 1. The fourth-order valence-corrected chi connectivity index (χ4v) is 3.37. The van der Waals surface area contributed by atoms with Crippen molar-refractivity contribution in [2.75, 3.05) is 13.1 Å². The molecule has 3 rings (SSSR count). The van der Waals surface area contributed by atoms with Gasteiger partial charge in [-0.25, -0.2) is 10.4 Å². The molecule has 1 heterocycles. The van der Waals surface area contributed by atoms with Crippen LogP contribution in [0.2, 0.25) is 0 Å². The molecule has 0 aromatic heterocycles. The smallest absolute Gasteiger partial charge is 0.248 e. The van der Waals surface area contributed by atoms with Gasteiger partial charge < -0.3 is 5.32 Å². The van der Waals surface area contributed by atoms with Gasteiger partial charge in [-0.05, 0) is 30.0 Å². The predicted octanol–water partition coefficient (Wildman–Crippen LogP) is 3.46. The Bertz CT molecular complexity index is 850. The molecule has 0 saturated carbocycles. The number of nitrogens with one attached hydrogen (secondary N) is 2. The molecule has 0 spiro atoms. The van der Waals surface area contributed by atoms with Crippen LogP contribution in [0.25, 0.3) is 0 Å². The average molecular weight is 374 g/mol. The third-order valence-corrected chi connectivity index (χ3v) is 4.94. The summed E-state index contributed by atoms with van der Waals surface area (Å²) in [5.41, 5.74) is 6.26. The molecule has 1 saturated heterocycles. The summed E-state index contributed by atoms with van der Waals surface area (Å²) in [6, 6.07) is 19.3. The molecule has 2 N–H and O–H groups in total. The lowest BCUT2D eigenvalue weighted by atomic mass is 10.0. The zero-order valence-electron chi connectivity index (χ0n) is 16.0. The van der Waals surface area contributed by atoms with Gasteiger partial charge in [0, 0.05) is 25.1 Å². The molecular formula is C23H26N4O. The molecule has 28 heavy (non-hydrogen) atoms. The summed E-state index contributed by atoms with van der Waals surface area (Å²) in [5, 5.41) is 14.5. The highest BCUT2D eigenvalue weighted by molar-refractivity contribution is 5.93. The van der Waals surface area contributed by atoms with Crippen molar-refractivity contribution in [1.82, 2.24) is 15.8 Å². The van der Waals surface area contributed by atoms with Gasteiger partial charge in [0.1, 0.15) is 6.17 Å². The summed E-state index contributed by atoms with van der Waals surface area (Å²) in [7, 11) is 0. The monoisotopic (exact) mass is 374 g/mol. The largest absolute Gasteiger partial charge is 0.332 e.